The lowest BCUT2D eigenvalue weighted by Crippen LogP contribution is -2.34. The van der Waals surface area contributed by atoms with Gasteiger partial charge in [0.2, 0.25) is 0 Å². The summed E-state index contributed by atoms with van der Waals surface area (Å²) in [7, 11) is 1.68. The Bertz CT molecular complexity index is 829. The van der Waals surface area contributed by atoms with Gasteiger partial charge in [-0.3, -0.25) is 4.90 Å². The standard InChI is InChI=1S/C22H25BrFNO3/c1-22(2,3)28-21(26)25(4)18-10-7-16(8-11-18)5-6-17-9-12-20(19(23)15-17)27-14-13-24/h5-12,15H,13-14H2,1-4H3/b6-5+. The minimum Gasteiger partial charge on any atom is -0.490 e. The molecule has 0 bridgehead atoms. The molecule has 0 spiro atoms. The highest BCUT2D eigenvalue weighted by Crippen LogP contribution is 2.27. The quantitative estimate of drug-likeness (QED) is 0.482. The van der Waals surface area contributed by atoms with Gasteiger partial charge >= 0.3 is 6.09 Å². The number of alkyl halides is 1. The molecule has 0 heterocycles. The molecule has 0 fully saturated rings. The third kappa shape index (κ3) is 6.68. The van der Waals surface area contributed by atoms with E-state index in [9.17, 15) is 9.18 Å². The Labute approximate surface area is 174 Å². The highest BCUT2D eigenvalue weighted by atomic mass is 79.9. The maximum absolute atomic E-state index is 12.2. The first-order valence-electron chi connectivity index (χ1n) is 8.93. The normalized spacial score (nSPS) is 11.5. The van der Waals surface area contributed by atoms with E-state index in [4.69, 9.17) is 9.47 Å². The smallest absolute Gasteiger partial charge is 0.414 e. The van der Waals surface area contributed by atoms with Crippen LogP contribution in [0.15, 0.2) is 46.9 Å². The van der Waals surface area contributed by atoms with E-state index in [2.05, 4.69) is 15.9 Å². The summed E-state index contributed by atoms with van der Waals surface area (Å²) in [5.74, 6) is 0.615. The van der Waals surface area contributed by atoms with E-state index in [0.29, 0.717) is 5.75 Å². The van der Waals surface area contributed by atoms with E-state index in [1.54, 1.807) is 13.1 Å². The second-order valence-electron chi connectivity index (χ2n) is 7.19. The number of benzene rings is 2. The van der Waals surface area contributed by atoms with Crippen molar-refractivity contribution in [3.63, 3.8) is 0 Å². The third-order valence-electron chi connectivity index (χ3n) is 3.71. The van der Waals surface area contributed by atoms with Crippen molar-refractivity contribution in [3.8, 4) is 5.75 Å². The predicted molar refractivity (Wildman–Crippen MR) is 116 cm³/mol. The average molecular weight is 450 g/mol. The zero-order chi connectivity index (χ0) is 20.7. The Morgan fingerprint density at radius 2 is 1.71 bits per heavy atom. The first kappa shape index (κ1) is 22.0. The lowest BCUT2D eigenvalue weighted by atomic mass is 10.1. The van der Waals surface area contributed by atoms with Crippen LogP contribution in [0.4, 0.5) is 14.9 Å². The Morgan fingerprint density at radius 1 is 1.11 bits per heavy atom. The number of hydrogen-bond acceptors (Lipinski definition) is 3. The molecule has 0 aromatic heterocycles. The van der Waals surface area contributed by atoms with Gasteiger partial charge in [0.05, 0.1) is 4.47 Å². The largest absolute Gasteiger partial charge is 0.490 e. The molecule has 0 radical (unpaired) electrons. The summed E-state index contributed by atoms with van der Waals surface area (Å²) < 4.78 is 23.7. The predicted octanol–water partition coefficient (Wildman–Crippen LogP) is 6.34. The number of carbonyl (C=O) groups excluding carboxylic acids is 1. The second kappa shape index (κ2) is 9.73. The van der Waals surface area contributed by atoms with Crippen LogP contribution in [-0.4, -0.2) is 32.0 Å². The molecule has 0 saturated carbocycles. The minimum absolute atomic E-state index is 0.0396. The summed E-state index contributed by atoms with van der Waals surface area (Å²) in [6.45, 7) is 5.03. The summed E-state index contributed by atoms with van der Waals surface area (Å²) in [5.41, 5.74) is 2.20. The molecule has 2 rings (SSSR count). The van der Waals surface area contributed by atoms with Crippen molar-refractivity contribution in [1.29, 1.82) is 0 Å². The SMILES string of the molecule is CN(C(=O)OC(C)(C)C)c1ccc(/C=C/c2ccc(OCCF)c(Br)c2)cc1. The van der Waals surface area contributed by atoms with Crippen LogP contribution in [0.3, 0.4) is 0 Å². The molecule has 0 atom stereocenters. The highest BCUT2D eigenvalue weighted by Gasteiger charge is 2.20. The van der Waals surface area contributed by atoms with Crippen molar-refractivity contribution >= 4 is 39.9 Å². The van der Waals surface area contributed by atoms with Crippen LogP contribution in [0, 0.1) is 0 Å². The summed E-state index contributed by atoms with van der Waals surface area (Å²) in [5, 5.41) is 0. The molecule has 1 amide bonds. The number of nitrogens with zero attached hydrogens (tertiary/aromatic N) is 1. The third-order valence-corrected chi connectivity index (χ3v) is 4.33. The molecule has 150 valence electrons. The molecule has 6 heteroatoms. The van der Waals surface area contributed by atoms with Gasteiger partial charge in [-0.25, -0.2) is 9.18 Å². The maximum Gasteiger partial charge on any atom is 0.414 e. The van der Waals surface area contributed by atoms with Crippen molar-refractivity contribution in [3.05, 3.63) is 58.1 Å². The van der Waals surface area contributed by atoms with E-state index in [1.165, 1.54) is 4.90 Å². The van der Waals surface area contributed by atoms with Gasteiger partial charge in [-0.15, -0.1) is 0 Å². The summed E-state index contributed by atoms with van der Waals surface area (Å²) in [6.07, 6.45) is 3.55. The Hall–Kier alpha value is -2.34. The topological polar surface area (TPSA) is 38.8 Å². The number of ether oxygens (including phenoxy) is 2. The molecule has 0 aliphatic rings. The maximum atomic E-state index is 12.2. The van der Waals surface area contributed by atoms with Crippen LogP contribution in [0.2, 0.25) is 0 Å². The van der Waals surface area contributed by atoms with Crippen LogP contribution in [0.25, 0.3) is 12.2 Å². The first-order valence-corrected chi connectivity index (χ1v) is 9.72. The number of halogens is 2. The van der Waals surface area contributed by atoms with Crippen molar-refractivity contribution in [2.24, 2.45) is 0 Å². The van der Waals surface area contributed by atoms with Gasteiger partial charge < -0.3 is 9.47 Å². The fourth-order valence-electron chi connectivity index (χ4n) is 2.32. The molecule has 0 unspecified atom stereocenters. The second-order valence-corrected chi connectivity index (χ2v) is 8.05. The Morgan fingerprint density at radius 3 is 2.29 bits per heavy atom. The van der Waals surface area contributed by atoms with Crippen LogP contribution < -0.4 is 9.64 Å². The Balaban J connectivity index is 2.04. The zero-order valence-electron chi connectivity index (χ0n) is 16.5. The van der Waals surface area contributed by atoms with Gasteiger partial charge in [0, 0.05) is 12.7 Å². The molecule has 0 saturated heterocycles. The van der Waals surface area contributed by atoms with Crippen LogP contribution in [-0.2, 0) is 4.74 Å². The van der Waals surface area contributed by atoms with Gasteiger partial charge in [-0.1, -0.05) is 30.4 Å². The molecule has 2 aromatic carbocycles. The monoisotopic (exact) mass is 449 g/mol. The molecule has 4 nitrogen and oxygen atoms in total. The summed E-state index contributed by atoms with van der Waals surface area (Å²) in [4.78, 5) is 13.6. The van der Waals surface area contributed by atoms with E-state index in [-0.39, 0.29) is 6.61 Å². The van der Waals surface area contributed by atoms with E-state index >= 15 is 0 Å². The molecular formula is C22H25BrFNO3. The molecular weight excluding hydrogens is 425 g/mol. The van der Waals surface area contributed by atoms with Crippen molar-refractivity contribution in [1.82, 2.24) is 0 Å². The molecule has 28 heavy (non-hydrogen) atoms. The average Bonchev–Trinajstić information content (AvgIpc) is 2.64. The molecule has 0 N–H and O–H groups in total. The lowest BCUT2D eigenvalue weighted by Gasteiger charge is -2.24. The van der Waals surface area contributed by atoms with Crippen molar-refractivity contribution in [2.75, 3.05) is 25.2 Å². The van der Waals surface area contributed by atoms with Gasteiger partial charge in [0.1, 0.15) is 24.6 Å². The number of rotatable bonds is 6. The van der Waals surface area contributed by atoms with Crippen LogP contribution >= 0.6 is 15.9 Å². The van der Waals surface area contributed by atoms with Crippen LogP contribution in [0.1, 0.15) is 31.9 Å². The van der Waals surface area contributed by atoms with Crippen LogP contribution in [0.5, 0.6) is 5.75 Å². The lowest BCUT2D eigenvalue weighted by molar-refractivity contribution is 0.0589. The number of anilines is 1. The fraction of sp³-hybridized carbons (Fsp3) is 0.318. The van der Waals surface area contributed by atoms with E-state index in [0.717, 1.165) is 21.3 Å². The Kier molecular flexibility index (Phi) is 7.63. The van der Waals surface area contributed by atoms with Crippen molar-refractivity contribution in [2.45, 2.75) is 26.4 Å². The summed E-state index contributed by atoms with van der Waals surface area (Å²) >= 11 is 3.43. The number of carbonyl (C=O) groups is 1. The van der Waals surface area contributed by atoms with Gasteiger partial charge in [0.25, 0.3) is 0 Å². The zero-order valence-corrected chi connectivity index (χ0v) is 18.1. The van der Waals surface area contributed by atoms with Gasteiger partial charge in [0.15, 0.2) is 0 Å². The molecule has 0 aliphatic heterocycles. The van der Waals surface area contributed by atoms with E-state index in [1.807, 2.05) is 69.3 Å². The van der Waals surface area contributed by atoms with E-state index < -0.39 is 18.4 Å². The van der Waals surface area contributed by atoms with Gasteiger partial charge in [-0.05, 0) is 72.1 Å². The fourth-order valence-corrected chi connectivity index (χ4v) is 2.83. The molecule has 0 aliphatic carbocycles. The van der Waals surface area contributed by atoms with Gasteiger partial charge in [-0.2, -0.15) is 0 Å². The van der Waals surface area contributed by atoms with Crippen molar-refractivity contribution < 1.29 is 18.7 Å². The summed E-state index contributed by atoms with van der Waals surface area (Å²) in [6, 6.07) is 13.2. The number of hydrogen-bond donors (Lipinski definition) is 0. The molecule has 2 aromatic rings. The number of amides is 1. The highest BCUT2D eigenvalue weighted by molar-refractivity contribution is 9.10. The first-order chi connectivity index (χ1) is 13.2. The minimum atomic E-state index is -0.533.